The molecule has 1 amide bonds. The highest BCUT2D eigenvalue weighted by molar-refractivity contribution is 8.26. The van der Waals surface area contributed by atoms with Crippen molar-refractivity contribution in [3.05, 3.63) is 65.1 Å². The van der Waals surface area contributed by atoms with E-state index in [1.54, 1.807) is 24.3 Å². The third kappa shape index (κ3) is 3.13. The van der Waals surface area contributed by atoms with Crippen LogP contribution in [0.5, 0.6) is 5.75 Å². The van der Waals surface area contributed by atoms with Crippen molar-refractivity contribution in [3.8, 4) is 5.75 Å². The summed E-state index contributed by atoms with van der Waals surface area (Å²) < 4.78 is 0.445. The number of nitrogens with one attached hydrogen (secondary N) is 1. The zero-order chi connectivity index (χ0) is 15.5. The molecule has 1 aliphatic heterocycles. The number of hydrogen-bond donors (Lipinski definition) is 2. The van der Waals surface area contributed by atoms with E-state index >= 15 is 0 Å². The molecule has 0 aromatic heterocycles. The molecule has 1 aliphatic rings. The molecule has 4 nitrogen and oxygen atoms in total. The number of benzene rings is 2. The molecule has 0 unspecified atom stereocenters. The van der Waals surface area contributed by atoms with Crippen LogP contribution in [0.1, 0.15) is 5.56 Å². The SMILES string of the molecule is O=C1C(=Cc2cccc(O)c2)SC(=S)N1Nc1ccccc1. The lowest BCUT2D eigenvalue weighted by Gasteiger charge is -2.16. The van der Waals surface area contributed by atoms with Gasteiger partial charge in [0.25, 0.3) is 5.91 Å². The van der Waals surface area contributed by atoms with Gasteiger partial charge < -0.3 is 5.11 Å². The Labute approximate surface area is 137 Å². The van der Waals surface area contributed by atoms with E-state index in [2.05, 4.69) is 5.43 Å². The van der Waals surface area contributed by atoms with Crippen LogP contribution < -0.4 is 5.43 Å². The van der Waals surface area contributed by atoms with E-state index in [1.807, 2.05) is 36.4 Å². The number of para-hydroxylation sites is 1. The van der Waals surface area contributed by atoms with Crippen LogP contribution in [0, 0.1) is 0 Å². The molecule has 0 spiro atoms. The highest BCUT2D eigenvalue weighted by atomic mass is 32.2. The van der Waals surface area contributed by atoms with Gasteiger partial charge in [-0.2, -0.15) is 0 Å². The minimum absolute atomic E-state index is 0.159. The molecule has 0 bridgehead atoms. The van der Waals surface area contributed by atoms with Gasteiger partial charge in [0.05, 0.1) is 10.6 Å². The van der Waals surface area contributed by atoms with Crippen LogP contribution in [0.2, 0.25) is 0 Å². The van der Waals surface area contributed by atoms with Crippen molar-refractivity contribution in [3.63, 3.8) is 0 Å². The number of thiocarbonyl (C=S) groups is 1. The van der Waals surface area contributed by atoms with Gasteiger partial charge in [0.1, 0.15) is 5.75 Å². The number of carbonyl (C=O) groups is 1. The van der Waals surface area contributed by atoms with Crippen molar-refractivity contribution < 1.29 is 9.90 Å². The first-order chi connectivity index (χ1) is 10.6. The monoisotopic (exact) mass is 328 g/mol. The third-order valence-electron chi connectivity index (χ3n) is 2.98. The molecule has 1 fully saturated rings. The van der Waals surface area contributed by atoms with Crippen LogP contribution in [0.3, 0.4) is 0 Å². The predicted molar refractivity (Wildman–Crippen MR) is 93.2 cm³/mol. The zero-order valence-electron chi connectivity index (χ0n) is 11.4. The fourth-order valence-electron chi connectivity index (χ4n) is 1.97. The van der Waals surface area contributed by atoms with Crippen LogP contribution in [0.25, 0.3) is 6.08 Å². The summed E-state index contributed by atoms with van der Waals surface area (Å²) in [4.78, 5) is 12.9. The zero-order valence-corrected chi connectivity index (χ0v) is 13.0. The normalized spacial score (nSPS) is 16.4. The first kappa shape index (κ1) is 14.6. The summed E-state index contributed by atoms with van der Waals surface area (Å²) in [6.07, 6.45) is 1.71. The van der Waals surface area contributed by atoms with Crippen LogP contribution in [0.15, 0.2) is 59.5 Å². The predicted octanol–water partition coefficient (Wildman–Crippen LogP) is 3.62. The minimum Gasteiger partial charge on any atom is -0.508 e. The van der Waals surface area contributed by atoms with Gasteiger partial charge in [0, 0.05) is 0 Å². The number of rotatable bonds is 3. The molecule has 0 atom stereocenters. The summed E-state index contributed by atoms with van der Waals surface area (Å²) in [6, 6.07) is 16.1. The Morgan fingerprint density at radius 1 is 1.14 bits per heavy atom. The average molecular weight is 328 g/mol. The summed E-state index contributed by atoms with van der Waals surface area (Å²) in [5.41, 5.74) is 4.54. The minimum atomic E-state index is -0.206. The topological polar surface area (TPSA) is 52.6 Å². The Morgan fingerprint density at radius 3 is 2.64 bits per heavy atom. The Bertz CT molecular complexity index is 760. The van der Waals surface area contributed by atoms with Gasteiger partial charge in [-0.25, -0.2) is 5.01 Å². The van der Waals surface area contributed by atoms with Crippen molar-refractivity contribution in [2.75, 3.05) is 5.43 Å². The number of aromatic hydroxyl groups is 1. The van der Waals surface area contributed by atoms with Gasteiger partial charge in [-0.05, 0) is 48.1 Å². The van der Waals surface area contributed by atoms with Crippen molar-refractivity contribution in [1.82, 2.24) is 5.01 Å². The second-order valence-electron chi connectivity index (χ2n) is 4.59. The summed E-state index contributed by atoms with van der Waals surface area (Å²) >= 11 is 6.48. The highest BCUT2D eigenvalue weighted by Crippen LogP contribution is 2.33. The van der Waals surface area contributed by atoms with Crippen LogP contribution >= 0.6 is 24.0 Å². The molecule has 0 aliphatic carbocycles. The third-order valence-corrected chi connectivity index (χ3v) is 4.28. The van der Waals surface area contributed by atoms with E-state index in [9.17, 15) is 9.90 Å². The Balaban J connectivity index is 1.82. The molecule has 110 valence electrons. The van der Waals surface area contributed by atoms with Crippen LogP contribution in [0.4, 0.5) is 5.69 Å². The van der Waals surface area contributed by atoms with Crippen molar-refractivity contribution >= 4 is 46.0 Å². The molecule has 2 aromatic carbocycles. The van der Waals surface area contributed by atoms with Crippen LogP contribution in [-0.2, 0) is 4.79 Å². The standard InChI is InChI=1S/C16H12N2O2S2/c19-13-8-4-5-11(9-13)10-14-15(20)18(16(21)22-14)17-12-6-2-1-3-7-12/h1-10,17,19H. The maximum atomic E-state index is 12.4. The number of thioether (sulfide) groups is 1. The number of amides is 1. The molecular weight excluding hydrogens is 316 g/mol. The molecule has 2 N–H and O–H groups in total. The number of nitrogens with zero attached hydrogens (tertiary/aromatic N) is 1. The number of hydrazine groups is 1. The lowest BCUT2D eigenvalue weighted by atomic mass is 10.2. The van der Waals surface area contributed by atoms with E-state index in [-0.39, 0.29) is 11.7 Å². The Hall–Kier alpha value is -2.31. The molecule has 0 radical (unpaired) electrons. The quantitative estimate of drug-likeness (QED) is 0.666. The lowest BCUT2D eigenvalue weighted by Crippen LogP contribution is -2.33. The molecule has 6 heteroatoms. The van der Waals surface area contributed by atoms with E-state index < -0.39 is 0 Å². The molecule has 0 saturated carbocycles. The summed E-state index contributed by atoms with van der Waals surface area (Å²) in [5.74, 6) is -0.0474. The lowest BCUT2D eigenvalue weighted by molar-refractivity contribution is -0.121. The Kier molecular flexibility index (Phi) is 4.13. The van der Waals surface area contributed by atoms with Gasteiger partial charge in [-0.3, -0.25) is 10.2 Å². The average Bonchev–Trinajstić information content (AvgIpc) is 2.76. The maximum Gasteiger partial charge on any atom is 0.285 e. The number of phenolic OH excluding ortho intramolecular Hbond substituents is 1. The fraction of sp³-hybridized carbons (Fsp3) is 0. The number of carbonyl (C=O) groups excluding carboxylic acids is 1. The first-order valence-corrected chi connectivity index (χ1v) is 7.75. The molecule has 1 saturated heterocycles. The summed E-state index contributed by atoms with van der Waals surface area (Å²) in [5, 5.41) is 10.8. The van der Waals surface area contributed by atoms with E-state index in [4.69, 9.17) is 12.2 Å². The van der Waals surface area contributed by atoms with Gasteiger partial charge >= 0.3 is 0 Å². The molecule has 1 heterocycles. The molecule has 22 heavy (non-hydrogen) atoms. The van der Waals surface area contributed by atoms with E-state index in [0.717, 1.165) is 11.3 Å². The Morgan fingerprint density at radius 2 is 1.91 bits per heavy atom. The number of hydrogen-bond acceptors (Lipinski definition) is 5. The number of anilines is 1. The van der Waals surface area contributed by atoms with Crippen LogP contribution in [-0.4, -0.2) is 20.3 Å². The van der Waals surface area contributed by atoms with Crippen molar-refractivity contribution in [2.24, 2.45) is 0 Å². The van der Waals surface area contributed by atoms with E-state index in [1.165, 1.54) is 16.8 Å². The second kappa shape index (κ2) is 6.21. The fourth-order valence-corrected chi connectivity index (χ4v) is 3.15. The van der Waals surface area contributed by atoms with Gasteiger partial charge in [0.15, 0.2) is 4.32 Å². The first-order valence-electron chi connectivity index (χ1n) is 6.52. The number of phenols is 1. The maximum absolute atomic E-state index is 12.4. The van der Waals surface area contributed by atoms with Crippen molar-refractivity contribution in [2.45, 2.75) is 0 Å². The highest BCUT2D eigenvalue weighted by Gasteiger charge is 2.32. The smallest absolute Gasteiger partial charge is 0.285 e. The van der Waals surface area contributed by atoms with Gasteiger partial charge in [-0.15, -0.1) is 0 Å². The van der Waals surface area contributed by atoms with Crippen molar-refractivity contribution in [1.29, 1.82) is 0 Å². The largest absolute Gasteiger partial charge is 0.508 e. The molecule has 3 rings (SSSR count). The summed E-state index contributed by atoms with van der Waals surface area (Å²) in [7, 11) is 0. The van der Waals surface area contributed by atoms with Gasteiger partial charge in [0.2, 0.25) is 0 Å². The second-order valence-corrected chi connectivity index (χ2v) is 6.27. The van der Waals surface area contributed by atoms with Gasteiger partial charge in [-0.1, -0.05) is 42.1 Å². The molecule has 2 aromatic rings. The van der Waals surface area contributed by atoms with E-state index in [0.29, 0.717) is 9.23 Å². The molecular formula is C16H12N2O2S2. The summed E-state index contributed by atoms with van der Waals surface area (Å²) in [6.45, 7) is 0.